The van der Waals surface area contributed by atoms with Gasteiger partial charge < -0.3 is 10.6 Å². The van der Waals surface area contributed by atoms with Gasteiger partial charge in [0.1, 0.15) is 0 Å². The molecule has 39 heavy (non-hydrogen) atoms. The molecule has 11 heteroatoms. The van der Waals surface area contributed by atoms with Crippen LogP contribution in [0.25, 0.3) is 11.1 Å². The van der Waals surface area contributed by atoms with Gasteiger partial charge in [-0.25, -0.2) is 0 Å². The van der Waals surface area contributed by atoms with Gasteiger partial charge in [0.2, 0.25) is 0 Å². The Morgan fingerprint density at radius 2 is 1.79 bits per heavy atom. The van der Waals surface area contributed by atoms with Gasteiger partial charge in [0, 0.05) is 30.5 Å². The Hall–Kier alpha value is -3.41. The van der Waals surface area contributed by atoms with Gasteiger partial charge in [-0.1, -0.05) is 36.4 Å². The molecule has 2 aromatic carbocycles. The molecule has 4 N–H and O–H groups in total. The Balaban J connectivity index is 1.10. The molecule has 5 rings (SSSR count). The summed E-state index contributed by atoms with van der Waals surface area (Å²) in [7, 11) is 0. The lowest BCUT2D eigenvalue weighted by Gasteiger charge is -2.32. The molecule has 1 atom stereocenters. The fourth-order valence-electron chi connectivity index (χ4n) is 4.97. The number of hydrogen-bond donors (Lipinski definition) is 4. The lowest BCUT2D eigenvalue weighted by Crippen LogP contribution is -2.49. The summed E-state index contributed by atoms with van der Waals surface area (Å²) in [5, 5.41) is 12.2. The van der Waals surface area contributed by atoms with Crippen LogP contribution in [-0.2, 0) is 17.5 Å². The van der Waals surface area contributed by atoms with Crippen molar-refractivity contribution in [2.24, 2.45) is 4.99 Å². The van der Waals surface area contributed by atoms with Crippen LogP contribution in [0.4, 0.5) is 18.0 Å². The van der Waals surface area contributed by atoms with Gasteiger partial charge in [-0.15, -0.1) is 0 Å². The highest BCUT2D eigenvalue weighted by molar-refractivity contribution is 8.18. The number of amides is 2. The van der Waals surface area contributed by atoms with Crippen LogP contribution >= 0.6 is 11.8 Å². The standard InChI is InChI=1S/C28H28F3N5O2S/c29-28(30,31)23-7-2-1-6-22(23)18-5-3-4-17(14-18)16-33-19-8-10-20(11-9-19)34-26-32-13-12-21(35-26)15-24-25(37)36-27(38)39-24/h1-7,12-15,19-20,26,33-35H,8-11,16H2,(H,36,37,38)/b24-15-. The van der Waals surface area contributed by atoms with E-state index in [1.54, 1.807) is 36.6 Å². The van der Waals surface area contributed by atoms with Gasteiger partial charge in [0.05, 0.1) is 10.5 Å². The van der Waals surface area contributed by atoms with Crippen molar-refractivity contribution in [3.63, 3.8) is 0 Å². The van der Waals surface area contributed by atoms with Crippen LogP contribution in [0, 0.1) is 0 Å². The number of halogens is 3. The molecule has 204 valence electrons. The molecule has 2 amide bonds. The molecular formula is C28H28F3N5O2S. The molecule has 0 radical (unpaired) electrons. The average Bonchev–Trinajstić information content (AvgIpc) is 3.24. The van der Waals surface area contributed by atoms with E-state index in [4.69, 9.17) is 0 Å². The third-order valence-electron chi connectivity index (χ3n) is 6.91. The predicted octanol–water partition coefficient (Wildman–Crippen LogP) is 5.07. The topological polar surface area (TPSA) is 94.6 Å². The Kier molecular flexibility index (Phi) is 8.20. The van der Waals surface area contributed by atoms with Crippen molar-refractivity contribution in [1.29, 1.82) is 0 Å². The molecule has 2 aliphatic heterocycles. The monoisotopic (exact) mass is 555 g/mol. The number of benzene rings is 2. The molecule has 1 aliphatic carbocycles. The Labute approximate surface area is 228 Å². The molecule has 2 heterocycles. The summed E-state index contributed by atoms with van der Waals surface area (Å²) in [6, 6.07) is 13.5. The quantitative estimate of drug-likeness (QED) is 0.357. The van der Waals surface area contributed by atoms with Crippen molar-refractivity contribution < 1.29 is 22.8 Å². The lowest BCUT2D eigenvalue weighted by molar-refractivity contribution is -0.137. The van der Waals surface area contributed by atoms with E-state index in [1.165, 1.54) is 12.1 Å². The van der Waals surface area contributed by atoms with E-state index in [2.05, 4.69) is 26.3 Å². The fourth-order valence-corrected chi connectivity index (χ4v) is 5.64. The number of nitrogens with one attached hydrogen (secondary N) is 4. The maximum Gasteiger partial charge on any atom is 0.417 e. The summed E-state index contributed by atoms with van der Waals surface area (Å²) in [6.07, 6.45) is 4.12. The van der Waals surface area contributed by atoms with Gasteiger partial charge >= 0.3 is 6.18 Å². The van der Waals surface area contributed by atoms with E-state index >= 15 is 0 Å². The summed E-state index contributed by atoms with van der Waals surface area (Å²) in [6.45, 7) is 0.580. The van der Waals surface area contributed by atoms with Gasteiger partial charge in [-0.3, -0.25) is 25.2 Å². The van der Waals surface area contributed by atoms with Gasteiger partial charge in [0.25, 0.3) is 11.1 Å². The van der Waals surface area contributed by atoms with Crippen LogP contribution < -0.4 is 21.3 Å². The zero-order valence-electron chi connectivity index (χ0n) is 20.9. The summed E-state index contributed by atoms with van der Waals surface area (Å²) in [5.41, 5.74) is 1.75. The molecular weight excluding hydrogens is 527 g/mol. The number of imide groups is 1. The van der Waals surface area contributed by atoms with E-state index in [9.17, 15) is 22.8 Å². The van der Waals surface area contributed by atoms with Gasteiger partial charge in [0.15, 0.2) is 6.29 Å². The third-order valence-corrected chi connectivity index (χ3v) is 7.72. The van der Waals surface area contributed by atoms with E-state index in [1.807, 2.05) is 12.1 Å². The molecule has 0 aromatic heterocycles. The number of allylic oxidation sites excluding steroid dienone is 2. The number of aliphatic imine (C=N–C) groups is 1. The largest absolute Gasteiger partial charge is 0.417 e. The molecule has 0 bridgehead atoms. The van der Waals surface area contributed by atoms with Crippen molar-refractivity contribution in [2.45, 2.75) is 56.8 Å². The van der Waals surface area contributed by atoms with Crippen molar-refractivity contribution >= 4 is 29.1 Å². The normalized spacial score (nSPS) is 24.4. The van der Waals surface area contributed by atoms with Crippen LogP contribution in [-0.4, -0.2) is 35.7 Å². The highest BCUT2D eigenvalue weighted by Gasteiger charge is 2.33. The maximum absolute atomic E-state index is 13.5. The summed E-state index contributed by atoms with van der Waals surface area (Å²) < 4.78 is 40.4. The molecule has 2 aromatic rings. The minimum atomic E-state index is -4.41. The average molecular weight is 556 g/mol. The second-order valence-electron chi connectivity index (χ2n) is 9.66. The molecule has 3 aliphatic rings. The van der Waals surface area contributed by atoms with E-state index in [-0.39, 0.29) is 23.1 Å². The molecule has 1 saturated carbocycles. The first-order chi connectivity index (χ1) is 18.7. The molecule has 1 unspecified atom stereocenters. The number of thioether (sulfide) groups is 1. The highest BCUT2D eigenvalue weighted by Crippen LogP contribution is 2.37. The Morgan fingerprint density at radius 3 is 2.54 bits per heavy atom. The van der Waals surface area contributed by atoms with Crippen molar-refractivity contribution in [2.75, 3.05) is 0 Å². The number of nitrogens with zero attached hydrogens (tertiary/aromatic N) is 1. The number of hydrogen-bond acceptors (Lipinski definition) is 7. The second kappa shape index (κ2) is 11.8. The van der Waals surface area contributed by atoms with Crippen molar-refractivity contribution in [1.82, 2.24) is 21.3 Å². The smallest absolute Gasteiger partial charge is 0.351 e. The molecule has 1 saturated heterocycles. The summed E-state index contributed by atoms with van der Waals surface area (Å²) in [5.74, 6) is -0.400. The van der Waals surface area contributed by atoms with Gasteiger partial charge in [-0.05, 0) is 78.4 Å². The van der Waals surface area contributed by atoms with Crippen LogP contribution in [0.2, 0.25) is 0 Å². The third kappa shape index (κ3) is 6.97. The first-order valence-corrected chi connectivity index (χ1v) is 13.6. The number of carbonyl (C=O) groups is 2. The van der Waals surface area contributed by atoms with Crippen LogP contribution in [0.5, 0.6) is 0 Å². The van der Waals surface area contributed by atoms with Gasteiger partial charge in [-0.2, -0.15) is 13.2 Å². The number of alkyl halides is 3. The van der Waals surface area contributed by atoms with Crippen molar-refractivity contribution in [3.05, 3.63) is 82.4 Å². The number of rotatable bonds is 7. The van der Waals surface area contributed by atoms with E-state index < -0.39 is 17.6 Å². The zero-order valence-corrected chi connectivity index (χ0v) is 21.7. The first kappa shape index (κ1) is 27.2. The zero-order chi connectivity index (χ0) is 27.4. The Bertz CT molecular complexity index is 1330. The molecule has 0 spiro atoms. The molecule has 2 fully saturated rings. The van der Waals surface area contributed by atoms with Crippen LogP contribution in [0.1, 0.15) is 36.8 Å². The lowest BCUT2D eigenvalue weighted by atomic mass is 9.91. The first-order valence-electron chi connectivity index (χ1n) is 12.7. The SMILES string of the molecule is O=C1NC(=O)/C(=C/C2=CC=NC(NC3CCC(NCc4cccc(-c5ccccc5C(F)(F)F)c4)CC3)N2)S1. The Morgan fingerprint density at radius 1 is 1.03 bits per heavy atom. The maximum atomic E-state index is 13.5. The van der Waals surface area contributed by atoms with Crippen molar-refractivity contribution in [3.8, 4) is 11.1 Å². The summed E-state index contributed by atoms with van der Waals surface area (Å²) in [4.78, 5) is 27.9. The minimum absolute atomic E-state index is 0.186. The van der Waals surface area contributed by atoms with E-state index in [0.717, 1.165) is 49.1 Å². The molecule has 7 nitrogen and oxygen atoms in total. The second-order valence-corrected chi connectivity index (χ2v) is 10.7. The predicted molar refractivity (Wildman–Crippen MR) is 146 cm³/mol. The number of carbonyl (C=O) groups excluding carboxylic acids is 2. The minimum Gasteiger partial charge on any atom is -0.351 e. The summed E-state index contributed by atoms with van der Waals surface area (Å²) >= 11 is 0.872. The van der Waals surface area contributed by atoms with Crippen LogP contribution in [0.3, 0.4) is 0 Å². The highest BCUT2D eigenvalue weighted by atomic mass is 32.2. The van der Waals surface area contributed by atoms with E-state index in [0.29, 0.717) is 28.8 Å². The van der Waals surface area contributed by atoms with Crippen LogP contribution in [0.15, 0.2) is 76.3 Å². The fraction of sp³-hybridized carbons (Fsp3) is 0.321.